The van der Waals surface area contributed by atoms with Gasteiger partial charge in [0.1, 0.15) is 0 Å². The summed E-state index contributed by atoms with van der Waals surface area (Å²) >= 11 is 0. The summed E-state index contributed by atoms with van der Waals surface area (Å²) in [5, 5.41) is 14.4. The lowest BCUT2D eigenvalue weighted by atomic mass is 9.82. The SMILES string of the molecule is CO[C@@H]1C[C@H](/C=C(\C)[C@@H](O)[C@H](C)[C@@H]2C[C@]3(C=C[C@@H](O[Si](C)(C)C(C)(C)C)CO3)OC(C)(C)O2)CC[C@H]1O[Si](c1ccccc1)(c1ccccc1)C(C)(C)C. The molecule has 1 N–H and O–H groups in total. The zero-order chi connectivity index (χ0) is 39.7. The molecule has 8 atom stereocenters. The zero-order valence-corrected chi connectivity index (χ0v) is 37.5. The summed E-state index contributed by atoms with van der Waals surface area (Å²) in [5.41, 5.74) is 0.957. The number of hydrogen-bond acceptors (Lipinski definition) is 7. The number of aliphatic hydroxyl groups excluding tert-OH is 1. The van der Waals surface area contributed by atoms with Gasteiger partial charge < -0.3 is 32.9 Å². The van der Waals surface area contributed by atoms with Gasteiger partial charge >= 0.3 is 0 Å². The van der Waals surface area contributed by atoms with E-state index in [9.17, 15) is 5.11 Å². The Labute approximate surface area is 329 Å². The molecule has 1 aliphatic carbocycles. The van der Waals surface area contributed by atoms with Crippen LogP contribution in [0.1, 0.15) is 94.9 Å². The summed E-state index contributed by atoms with van der Waals surface area (Å²) < 4.78 is 39.8. The van der Waals surface area contributed by atoms with Gasteiger partial charge in [0, 0.05) is 19.4 Å². The van der Waals surface area contributed by atoms with Crippen molar-refractivity contribution in [3.8, 4) is 0 Å². The minimum absolute atomic E-state index is 0.0420. The highest BCUT2D eigenvalue weighted by molar-refractivity contribution is 6.99. The van der Waals surface area contributed by atoms with Gasteiger partial charge in [0.2, 0.25) is 0 Å². The van der Waals surface area contributed by atoms with Crippen LogP contribution in [-0.2, 0) is 27.8 Å². The number of hydrogen-bond donors (Lipinski definition) is 1. The molecule has 5 rings (SSSR count). The van der Waals surface area contributed by atoms with Gasteiger partial charge in [-0.1, -0.05) is 121 Å². The van der Waals surface area contributed by atoms with E-state index in [0.29, 0.717) is 13.0 Å². The fraction of sp³-hybridized carbons (Fsp3) is 0.644. The van der Waals surface area contributed by atoms with Crippen LogP contribution in [0.25, 0.3) is 0 Å². The highest BCUT2D eigenvalue weighted by Gasteiger charge is 2.53. The molecule has 54 heavy (non-hydrogen) atoms. The van der Waals surface area contributed by atoms with E-state index >= 15 is 0 Å². The second-order valence-corrected chi connectivity index (χ2v) is 28.2. The van der Waals surface area contributed by atoms with Crippen LogP contribution in [-0.4, -0.2) is 77.6 Å². The van der Waals surface area contributed by atoms with Crippen molar-refractivity contribution in [2.75, 3.05) is 13.7 Å². The molecular formula is C45H70O7Si2. The molecule has 3 aliphatic rings. The van der Waals surface area contributed by atoms with Crippen LogP contribution in [0.5, 0.6) is 0 Å². The lowest BCUT2D eigenvalue weighted by Gasteiger charge is -2.50. The minimum Gasteiger partial charge on any atom is -0.408 e. The van der Waals surface area contributed by atoms with Crippen LogP contribution >= 0.6 is 0 Å². The smallest absolute Gasteiger partial charge is 0.261 e. The minimum atomic E-state index is -2.73. The molecule has 2 aliphatic heterocycles. The number of ether oxygens (including phenoxy) is 4. The van der Waals surface area contributed by atoms with Crippen molar-refractivity contribution in [1.29, 1.82) is 0 Å². The molecule has 2 aromatic rings. The van der Waals surface area contributed by atoms with Crippen LogP contribution in [0.2, 0.25) is 23.2 Å². The van der Waals surface area contributed by atoms with Gasteiger partial charge in [-0.2, -0.15) is 0 Å². The van der Waals surface area contributed by atoms with E-state index in [1.807, 2.05) is 34.0 Å². The Hall–Kier alpha value is -1.93. The van der Waals surface area contributed by atoms with Crippen molar-refractivity contribution in [3.05, 3.63) is 84.5 Å². The Morgan fingerprint density at radius 2 is 1.48 bits per heavy atom. The molecule has 0 aromatic heterocycles. The van der Waals surface area contributed by atoms with Gasteiger partial charge in [-0.15, -0.1) is 0 Å². The second kappa shape index (κ2) is 16.5. The highest BCUT2D eigenvalue weighted by Crippen LogP contribution is 2.44. The Bertz CT molecular complexity index is 1540. The highest BCUT2D eigenvalue weighted by atomic mass is 28.4. The van der Waals surface area contributed by atoms with E-state index in [1.54, 1.807) is 0 Å². The van der Waals surface area contributed by atoms with E-state index in [4.69, 9.17) is 27.8 Å². The fourth-order valence-corrected chi connectivity index (χ4v) is 14.5. The zero-order valence-electron chi connectivity index (χ0n) is 35.5. The van der Waals surface area contributed by atoms with E-state index in [1.165, 1.54) is 10.4 Å². The standard InChI is InChI=1S/C45H70O7Si2/c1-32(41(46)33(2)40-30-45(52-44(9,10)49-40)27-26-35(31-48-45)50-53(12,13)42(3,4)5)28-34-24-25-38(39(29-34)47-11)51-54(43(6,7)8,36-20-16-14-17-21-36)37-22-18-15-19-23-37/h14-23,26-28,33-35,38-41,46H,24-25,29-31H2,1-13H3/b32-28+/t33-,34+,35-,38-,39-,40+,41-,45+/m1/s1. The maximum atomic E-state index is 11.8. The fourth-order valence-electron chi connectivity index (χ4n) is 8.53. The molecule has 1 spiro atoms. The van der Waals surface area contributed by atoms with Crippen molar-refractivity contribution < 1.29 is 32.9 Å². The summed E-state index contributed by atoms with van der Waals surface area (Å²) in [6.07, 6.45) is 8.37. The van der Waals surface area contributed by atoms with Crippen LogP contribution in [0, 0.1) is 11.8 Å². The molecular weight excluding hydrogens is 709 g/mol. The normalized spacial score (nSPS) is 29.6. The quantitative estimate of drug-likeness (QED) is 0.181. The van der Waals surface area contributed by atoms with E-state index in [0.717, 1.165) is 24.8 Å². The van der Waals surface area contributed by atoms with E-state index in [-0.39, 0.29) is 46.3 Å². The van der Waals surface area contributed by atoms with Gasteiger partial charge in [-0.05, 0) is 91.1 Å². The summed E-state index contributed by atoms with van der Waals surface area (Å²) in [6, 6.07) is 21.7. The van der Waals surface area contributed by atoms with E-state index in [2.05, 4.69) is 134 Å². The first-order chi connectivity index (χ1) is 25.1. The third-order valence-electron chi connectivity index (χ3n) is 12.5. The third-order valence-corrected chi connectivity index (χ3v) is 22.1. The second-order valence-electron chi connectivity index (χ2n) is 19.1. The molecule has 0 unspecified atom stereocenters. The van der Waals surface area contributed by atoms with Gasteiger partial charge in [-0.3, -0.25) is 0 Å². The molecule has 7 nitrogen and oxygen atoms in total. The summed E-state index contributed by atoms with van der Waals surface area (Å²) in [4.78, 5) is 0. The molecule has 1 saturated carbocycles. The van der Waals surface area contributed by atoms with Gasteiger partial charge in [0.05, 0.1) is 37.1 Å². The van der Waals surface area contributed by atoms with Crippen LogP contribution < -0.4 is 10.4 Å². The first-order valence-corrected chi connectivity index (χ1v) is 25.0. The average Bonchev–Trinajstić information content (AvgIpc) is 3.10. The molecule has 9 heteroatoms. The topological polar surface area (TPSA) is 75.6 Å². The number of benzene rings is 2. The summed E-state index contributed by atoms with van der Waals surface area (Å²) in [7, 11) is -2.89. The molecule has 2 fully saturated rings. The third kappa shape index (κ3) is 9.43. The van der Waals surface area contributed by atoms with E-state index < -0.39 is 34.3 Å². The molecule has 0 radical (unpaired) electrons. The molecule has 1 saturated heterocycles. The molecule has 2 aromatic carbocycles. The average molecular weight is 779 g/mol. The number of allylic oxidation sites excluding steroid dienone is 1. The van der Waals surface area contributed by atoms with Crippen LogP contribution in [0.4, 0.5) is 0 Å². The maximum Gasteiger partial charge on any atom is 0.261 e. The van der Waals surface area contributed by atoms with Crippen molar-refractivity contribution in [2.24, 2.45) is 11.8 Å². The van der Waals surface area contributed by atoms with Crippen molar-refractivity contribution in [1.82, 2.24) is 0 Å². The maximum absolute atomic E-state index is 11.8. The first kappa shape index (κ1) is 43.2. The molecule has 0 bridgehead atoms. The Kier molecular flexibility index (Phi) is 13.2. The predicted octanol–water partition coefficient (Wildman–Crippen LogP) is 8.90. The Morgan fingerprint density at radius 3 is 1.98 bits per heavy atom. The van der Waals surface area contributed by atoms with Crippen molar-refractivity contribution in [3.63, 3.8) is 0 Å². The van der Waals surface area contributed by atoms with Crippen LogP contribution in [0.3, 0.4) is 0 Å². The summed E-state index contributed by atoms with van der Waals surface area (Å²) in [5.74, 6) is -1.74. The first-order valence-electron chi connectivity index (χ1n) is 20.2. The summed E-state index contributed by atoms with van der Waals surface area (Å²) in [6.45, 7) is 26.6. The largest absolute Gasteiger partial charge is 0.408 e. The van der Waals surface area contributed by atoms with Gasteiger partial charge in [0.15, 0.2) is 19.9 Å². The predicted molar refractivity (Wildman–Crippen MR) is 224 cm³/mol. The number of rotatable bonds is 11. The lowest BCUT2D eigenvalue weighted by molar-refractivity contribution is -0.393. The molecule has 300 valence electrons. The van der Waals surface area contributed by atoms with Gasteiger partial charge in [0.25, 0.3) is 8.32 Å². The Morgan fingerprint density at radius 1 is 0.889 bits per heavy atom. The number of methoxy groups -OCH3 is 1. The van der Waals surface area contributed by atoms with Crippen molar-refractivity contribution in [2.45, 2.75) is 160 Å². The monoisotopic (exact) mass is 778 g/mol. The Balaban J connectivity index is 1.29. The molecule has 0 amide bonds. The molecule has 2 heterocycles. The van der Waals surface area contributed by atoms with Crippen LogP contribution in [0.15, 0.2) is 84.5 Å². The lowest BCUT2D eigenvalue weighted by Crippen LogP contribution is -2.68. The van der Waals surface area contributed by atoms with Crippen molar-refractivity contribution >= 4 is 27.0 Å². The van der Waals surface area contributed by atoms with Gasteiger partial charge in [-0.25, -0.2) is 0 Å². The number of aliphatic hydroxyl groups is 1.